The number of hydrogen-bond donors (Lipinski definition) is 3. The standard InChI is InChI=1S/C26H29Cl2F3N4O6S/c1-3-42(39,40)21-7-6-16(27)9-15(21)11-35-24(37)18-10-20(41-26(29,30)31)19(22(28)23(18)33-25(35)38)13-34-8-4-5-17(12-34)32-14(2)36/h6-7,9-10,17,25,33,38H,3-5,8,11-13H2,1-2H3,(H,32,36)/t17-,25?/m0/s1. The van der Waals surface area contributed by atoms with Crippen molar-refractivity contribution in [1.82, 2.24) is 15.1 Å². The monoisotopic (exact) mass is 652 g/mol. The highest BCUT2D eigenvalue weighted by molar-refractivity contribution is 7.91. The number of aliphatic hydroxyl groups is 1. The third-order valence-electron chi connectivity index (χ3n) is 6.99. The number of sulfone groups is 1. The molecule has 1 unspecified atom stereocenters. The summed E-state index contributed by atoms with van der Waals surface area (Å²) >= 11 is 12.7. The van der Waals surface area contributed by atoms with Crippen molar-refractivity contribution >= 4 is 50.5 Å². The Morgan fingerprint density at radius 3 is 2.60 bits per heavy atom. The normalized spacial score (nSPS) is 19.7. The number of carbonyl (C=O) groups is 2. The second kappa shape index (κ2) is 12.4. The lowest BCUT2D eigenvalue weighted by atomic mass is 10.0. The molecular weight excluding hydrogens is 624 g/mol. The van der Waals surface area contributed by atoms with Gasteiger partial charge in [-0.1, -0.05) is 30.1 Å². The van der Waals surface area contributed by atoms with Crippen molar-refractivity contribution in [2.45, 2.75) is 63.4 Å². The zero-order valence-corrected chi connectivity index (χ0v) is 24.9. The van der Waals surface area contributed by atoms with Gasteiger partial charge in [0.2, 0.25) is 12.3 Å². The summed E-state index contributed by atoms with van der Waals surface area (Å²) in [6.07, 6.45) is -5.44. The molecule has 2 aromatic carbocycles. The molecule has 4 rings (SSSR count). The number of hydrogen-bond acceptors (Lipinski definition) is 8. The van der Waals surface area contributed by atoms with Crippen LogP contribution in [0.3, 0.4) is 0 Å². The molecule has 2 aliphatic rings. The molecular formula is C26H29Cl2F3N4O6S. The summed E-state index contributed by atoms with van der Waals surface area (Å²) in [7, 11) is -3.75. The zero-order valence-electron chi connectivity index (χ0n) is 22.6. The van der Waals surface area contributed by atoms with Gasteiger partial charge in [-0.2, -0.15) is 0 Å². The topological polar surface area (TPSA) is 128 Å². The maximum Gasteiger partial charge on any atom is 0.573 e. The molecule has 230 valence electrons. The van der Waals surface area contributed by atoms with Gasteiger partial charge in [-0.05, 0) is 49.2 Å². The van der Waals surface area contributed by atoms with Gasteiger partial charge < -0.3 is 20.5 Å². The molecule has 10 nitrogen and oxygen atoms in total. The zero-order chi connectivity index (χ0) is 31.0. The maximum absolute atomic E-state index is 13.6. The Bertz CT molecular complexity index is 1490. The molecule has 2 atom stereocenters. The van der Waals surface area contributed by atoms with Crippen molar-refractivity contribution in [3.8, 4) is 5.75 Å². The molecule has 0 spiro atoms. The molecule has 2 heterocycles. The summed E-state index contributed by atoms with van der Waals surface area (Å²) in [4.78, 5) is 27.6. The van der Waals surface area contributed by atoms with Crippen LogP contribution in [0.1, 0.15) is 48.2 Å². The van der Waals surface area contributed by atoms with E-state index in [1.165, 1.54) is 32.0 Å². The average Bonchev–Trinajstić information content (AvgIpc) is 2.88. The van der Waals surface area contributed by atoms with Crippen LogP contribution in [-0.2, 0) is 27.7 Å². The second-order valence-electron chi connectivity index (χ2n) is 10.0. The largest absolute Gasteiger partial charge is 0.573 e. The Morgan fingerprint density at radius 2 is 1.95 bits per heavy atom. The molecule has 1 saturated heterocycles. The van der Waals surface area contributed by atoms with Gasteiger partial charge in [0.1, 0.15) is 5.75 Å². The van der Waals surface area contributed by atoms with E-state index in [2.05, 4.69) is 15.4 Å². The fourth-order valence-electron chi connectivity index (χ4n) is 5.11. The molecule has 0 saturated carbocycles. The van der Waals surface area contributed by atoms with Crippen molar-refractivity contribution in [2.24, 2.45) is 0 Å². The third kappa shape index (κ3) is 7.22. The lowest BCUT2D eigenvalue weighted by molar-refractivity contribution is -0.275. The van der Waals surface area contributed by atoms with Crippen LogP contribution in [-0.4, -0.2) is 72.7 Å². The number of alkyl halides is 3. The Balaban J connectivity index is 1.71. The summed E-state index contributed by atoms with van der Waals surface area (Å²) in [6, 6.07) is 4.69. The van der Waals surface area contributed by atoms with Crippen LogP contribution in [0.5, 0.6) is 5.75 Å². The van der Waals surface area contributed by atoms with Gasteiger partial charge in [0.25, 0.3) is 5.91 Å². The van der Waals surface area contributed by atoms with Crippen molar-refractivity contribution in [2.75, 3.05) is 24.2 Å². The van der Waals surface area contributed by atoms with E-state index in [1.54, 1.807) is 0 Å². The van der Waals surface area contributed by atoms with Gasteiger partial charge in [0.05, 0.1) is 33.5 Å². The minimum absolute atomic E-state index is 0.0664. The Morgan fingerprint density at radius 1 is 1.24 bits per heavy atom. The Kier molecular flexibility index (Phi) is 9.53. The number of carbonyl (C=O) groups excluding carboxylic acids is 2. The molecule has 2 amide bonds. The molecule has 16 heteroatoms. The first-order valence-corrected chi connectivity index (χ1v) is 15.4. The number of amides is 2. The van der Waals surface area contributed by atoms with Crippen LogP contribution in [0, 0.1) is 0 Å². The number of nitrogens with one attached hydrogen (secondary N) is 2. The minimum Gasteiger partial charge on any atom is -0.405 e. The highest BCUT2D eigenvalue weighted by Gasteiger charge is 2.39. The van der Waals surface area contributed by atoms with Gasteiger partial charge in [-0.3, -0.25) is 19.4 Å². The Hall–Kier alpha value is -2.78. The number of halogens is 5. The average molecular weight is 654 g/mol. The van der Waals surface area contributed by atoms with Crippen LogP contribution >= 0.6 is 23.2 Å². The number of likely N-dealkylation sites (tertiary alicyclic amines) is 1. The number of fused-ring (bicyclic) bond motifs is 1. The van der Waals surface area contributed by atoms with Crippen molar-refractivity contribution in [1.29, 1.82) is 0 Å². The Labute approximate surface area is 250 Å². The van der Waals surface area contributed by atoms with Crippen molar-refractivity contribution < 1.29 is 41.0 Å². The summed E-state index contributed by atoms with van der Waals surface area (Å²) in [5.74, 6) is -2.08. The van der Waals surface area contributed by atoms with Gasteiger partial charge in [0.15, 0.2) is 9.84 Å². The molecule has 1 fully saturated rings. The number of rotatable bonds is 8. The number of piperidine rings is 1. The van der Waals surface area contributed by atoms with Gasteiger partial charge in [-0.15, -0.1) is 13.2 Å². The van der Waals surface area contributed by atoms with E-state index in [-0.39, 0.29) is 61.6 Å². The molecule has 42 heavy (non-hydrogen) atoms. The van der Waals surface area contributed by atoms with Gasteiger partial charge in [0, 0.05) is 36.6 Å². The molecule has 0 bridgehead atoms. The first-order chi connectivity index (χ1) is 19.6. The number of aliphatic hydroxyl groups excluding tert-OH is 1. The van der Waals surface area contributed by atoms with E-state index in [1.807, 2.05) is 4.90 Å². The second-order valence-corrected chi connectivity index (χ2v) is 13.1. The summed E-state index contributed by atoms with van der Waals surface area (Å²) in [5, 5.41) is 16.3. The predicted octanol–water partition coefficient (Wildman–Crippen LogP) is 4.13. The molecule has 0 aliphatic carbocycles. The van der Waals surface area contributed by atoms with Crippen LogP contribution in [0.25, 0.3) is 0 Å². The maximum atomic E-state index is 13.6. The quantitative estimate of drug-likeness (QED) is 0.388. The van der Waals surface area contributed by atoms with E-state index < -0.39 is 40.8 Å². The predicted molar refractivity (Wildman–Crippen MR) is 149 cm³/mol. The van der Waals surface area contributed by atoms with Crippen LogP contribution in [0.2, 0.25) is 10.0 Å². The smallest absolute Gasteiger partial charge is 0.405 e. The lowest BCUT2D eigenvalue weighted by Gasteiger charge is -2.37. The summed E-state index contributed by atoms with van der Waals surface area (Å²) in [5.41, 5.74) is -0.374. The van der Waals surface area contributed by atoms with Crippen LogP contribution in [0.15, 0.2) is 29.2 Å². The number of benzene rings is 2. The number of ether oxygens (including phenoxy) is 1. The number of nitrogens with zero attached hydrogens (tertiary/aromatic N) is 2. The summed E-state index contributed by atoms with van der Waals surface area (Å²) in [6.45, 7) is 3.16. The first-order valence-electron chi connectivity index (χ1n) is 13.0. The molecule has 0 aromatic heterocycles. The van der Waals surface area contributed by atoms with Crippen molar-refractivity contribution in [3.63, 3.8) is 0 Å². The fraction of sp³-hybridized carbons (Fsp3) is 0.462. The highest BCUT2D eigenvalue weighted by Crippen LogP contribution is 2.43. The van der Waals surface area contributed by atoms with Gasteiger partial charge in [-0.25, -0.2) is 8.42 Å². The van der Waals surface area contributed by atoms with Gasteiger partial charge >= 0.3 is 6.36 Å². The van der Waals surface area contributed by atoms with Crippen molar-refractivity contribution in [3.05, 3.63) is 51.0 Å². The SMILES string of the molecule is CCS(=O)(=O)c1ccc(Cl)cc1CN1C(=O)c2cc(OC(F)(F)F)c(CN3CCC[C@H](NC(C)=O)C3)c(Cl)c2NC1O. The summed E-state index contributed by atoms with van der Waals surface area (Å²) < 4.78 is 70.0. The molecule has 3 N–H and O–H groups in total. The van der Waals surface area contributed by atoms with E-state index in [0.29, 0.717) is 25.9 Å². The van der Waals surface area contributed by atoms with E-state index >= 15 is 0 Å². The molecule has 2 aromatic rings. The van der Waals surface area contributed by atoms with E-state index in [9.17, 15) is 36.3 Å². The molecule has 2 aliphatic heterocycles. The number of anilines is 1. The van der Waals surface area contributed by atoms with E-state index in [0.717, 1.165) is 11.0 Å². The minimum atomic E-state index is -5.11. The van der Waals surface area contributed by atoms with Crippen LogP contribution in [0.4, 0.5) is 18.9 Å². The highest BCUT2D eigenvalue weighted by atomic mass is 35.5. The van der Waals surface area contributed by atoms with E-state index in [4.69, 9.17) is 23.2 Å². The van der Waals surface area contributed by atoms with Crippen LogP contribution < -0.4 is 15.4 Å². The third-order valence-corrected chi connectivity index (χ3v) is 9.47. The fourth-order valence-corrected chi connectivity index (χ4v) is 6.73. The lowest BCUT2D eigenvalue weighted by Crippen LogP contribution is -2.48. The molecule has 0 radical (unpaired) electrons. The first kappa shape index (κ1) is 32.1.